The van der Waals surface area contributed by atoms with Gasteiger partial charge >= 0.3 is 0 Å². The maximum absolute atomic E-state index is 12.8. The van der Waals surface area contributed by atoms with Crippen LogP contribution in [-0.4, -0.2) is 45.7 Å². The lowest BCUT2D eigenvalue weighted by Gasteiger charge is -2.33. The number of aromatic amines is 1. The summed E-state index contributed by atoms with van der Waals surface area (Å²) in [6, 6.07) is 14.8. The summed E-state index contributed by atoms with van der Waals surface area (Å²) in [4.78, 5) is 18.9. The molecule has 7 heteroatoms. The second-order valence-electron chi connectivity index (χ2n) is 6.04. The molecule has 0 saturated carbocycles. The van der Waals surface area contributed by atoms with E-state index in [1.807, 2.05) is 42.5 Å². The number of hydrogen-bond donors (Lipinski definition) is 1. The number of nitrogens with zero attached hydrogens (tertiary/aromatic N) is 3. The highest BCUT2D eigenvalue weighted by molar-refractivity contribution is 6.30. The number of nitrogens with one attached hydrogen (secondary N) is 1. The lowest BCUT2D eigenvalue weighted by molar-refractivity contribution is -0.0230. The first-order chi connectivity index (χ1) is 12.7. The third-order valence-electron chi connectivity index (χ3n) is 4.33. The second-order valence-corrected chi connectivity index (χ2v) is 6.48. The molecule has 0 bridgehead atoms. The number of pyridine rings is 1. The van der Waals surface area contributed by atoms with Gasteiger partial charge in [0.15, 0.2) is 0 Å². The third kappa shape index (κ3) is 3.47. The van der Waals surface area contributed by atoms with Gasteiger partial charge in [0.1, 0.15) is 17.5 Å². The number of hydrogen-bond acceptors (Lipinski definition) is 4. The molecule has 2 aromatic heterocycles. The fourth-order valence-electron chi connectivity index (χ4n) is 2.96. The number of H-pyrrole nitrogens is 1. The molecule has 1 aliphatic rings. The molecule has 1 atom stereocenters. The van der Waals surface area contributed by atoms with Gasteiger partial charge in [0.25, 0.3) is 5.91 Å². The Labute approximate surface area is 155 Å². The lowest BCUT2D eigenvalue weighted by atomic mass is 10.1. The van der Waals surface area contributed by atoms with Crippen molar-refractivity contribution in [3.8, 4) is 11.4 Å². The first-order valence-electron chi connectivity index (χ1n) is 8.34. The van der Waals surface area contributed by atoms with Gasteiger partial charge in [-0.25, -0.2) is 0 Å². The van der Waals surface area contributed by atoms with Crippen molar-refractivity contribution in [1.29, 1.82) is 0 Å². The van der Waals surface area contributed by atoms with E-state index in [-0.39, 0.29) is 12.0 Å². The molecule has 1 amide bonds. The van der Waals surface area contributed by atoms with Crippen LogP contribution in [0.4, 0.5) is 0 Å². The number of rotatable bonds is 3. The summed E-state index contributed by atoms with van der Waals surface area (Å²) >= 11 is 5.94. The van der Waals surface area contributed by atoms with Crippen LogP contribution in [0.2, 0.25) is 5.02 Å². The van der Waals surface area contributed by atoms with Crippen LogP contribution in [0.15, 0.2) is 54.7 Å². The largest absolute Gasteiger partial charge is 0.370 e. The SMILES string of the molecule is O=C(c1cc(-c2ccccn2)n[nH]1)N1CCOC(c2ccc(Cl)cc2)C1. The first-order valence-corrected chi connectivity index (χ1v) is 8.71. The van der Waals surface area contributed by atoms with Crippen molar-refractivity contribution in [3.05, 3.63) is 71.0 Å². The first kappa shape index (κ1) is 16.8. The van der Waals surface area contributed by atoms with Crippen LogP contribution in [0.25, 0.3) is 11.4 Å². The molecule has 0 radical (unpaired) electrons. The van der Waals surface area contributed by atoms with Gasteiger partial charge in [-0.3, -0.25) is 14.9 Å². The van der Waals surface area contributed by atoms with Crippen molar-refractivity contribution < 1.29 is 9.53 Å². The van der Waals surface area contributed by atoms with E-state index in [0.29, 0.717) is 36.1 Å². The Balaban J connectivity index is 1.49. The van der Waals surface area contributed by atoms with Gasteiger partial charge in [-0.2, -0.15) is 5.10 Å². The molecule has 0 spiro atoms. The van der Waals surface area contributed by atoms with Crippen LogP contribution in [0, 0.1) is 0 Å². The quantitative estimate of drug-likeness (QED) is 0.769. The highest BCUT2D eigenvalue weighted by Gasteiger charge is 2.27. The number of amides is 1. The summed E-state index contributed by atoms with van der Waals surface area (Å²) in [5.74, 6) is -0.0954. The topological polar surface area (TPSA) is 71.1 Å². The van der Waals surface area contributed by atoms with Gasteiger partial charge in [0.05, 0.1) is 18.8 Å². The molecule has 1 N–H and O–H groups in total. The molecule has 6 nitrogen and oxygen atoms in total. The molecule has 132 valence electrons. The predicted octanol–water partition coefficient (Wildman–Crippen LogP) is 3.34. The Morgan fingerprint density at radius 1 is 1.19 bits per heavy atom. The molecular formula is C19H17ClN4O2. The van der Waals surface area contributed by atoms with Crippen LogP contribution in [0.5, 0.6) is 0 Å². The van der Waals surface area contributed by atoms with Crippen molar-refractivity contribution in [2.45, 2.75) is 6.10 Å². The Morgan fingerprint density at radius 3 is 2.81 bits per heavy atom. The van der Waals surface area contributed by atoms with Crippen molar-refractivity contribution in [1.82, 2.24) is 20.1 Å². The maximum Gasteiger partial charge on any atom is 0.272 e. The maximum atomic E-state index is 12.8. The van der Waals surface area contributed by atoms with E-state index < -0.39 is 0 Å². The lowest BCUT2D eigenvalue weighted by Crippen LogP contribution is -2.42. The van der Waals surface area contributed by atoms with Crippen molar-refractivity contribution in [3.63, 3.8) is 0 Å². The molecule has 1 saturated heterocycles. The molecule has 1 aliphatic heterocycles. The average Bonchev–Trinajstić information content (AvgIpc) is 3.19. The summed E-state index contributed by atoms with van der Waals surface area (Å²) in [6.45, 7) is 1.51. The minimum absolute atomic E-state index is 0.0954. The van der Waals surface area contributed by atoms with E-state index in [1.54, 1.807) is 17.2 Å². The average molecular weight is 369 g/mol. The number of aromatic nitrogens is 3. The monoisotopic (exact) mass is 368 g/mol. The van der Waals surface area contributed by atoms with Gasteiger partial charge in [-0.15, -0.1) is 0 Å². The van der Waals surface area contributed by atoms with Crippen LogP contribution in [0.3, 0.4) is 0 Å². The fraction of sp³-hybridized carbons (Fsp3) is 0.211. The standard InChI is InChI=1S/C19H17ClN4O2/c20-14-6-4-13(5-7-14)18-12-24(9-10-26-18)19(25)17-11-16(22-23-17)15-3-1-2-8-21-15/h1-8,11,18H,9-10,12H2,(H,22,23). The van der Waals surface area contributed by atoms with Crippen molar-refractivity contribution >= 4 is 17.5 Å². The molecule has 1 aromatic carbocycles. The number of ether oxygens (including phenoxy) is 1. The summed E-state index contributed by atoms with van der Waals surface area (Å²) in [5, 5.41) is 7.71. The van der Waals surface area contributed by atoms with Crippen LogP contribution < -0.4 is 0 Å². The molecule has 1 fully saturated rings. The number of morpholine rings is 1. The summed E-state index contributed by atoms with van der Waals surface area (Å²) in [7, 11) is 0. The Kier molecular flexibility index (Phi) is 4.69. The Hall–Kier alpha value is -2.70. The number of benzene rings is 1. The molecule has 3 aromatic rings. The highest BCUT2D eigenvalue weighted by atomic mass is 35.5. The molecular weight excluding hydrogens is 352 g/mol. The minimum atomic E-state index is -0.164. The zero-order valence-corrected chi connectivity index (χ0v) is 14.7. The number of halogens is 1. The van der Waals surface area contributed by atoms with Gasteiger partial charge in [-0.05, 0) is 35.9 Å². The van der Waals surface area contributed by atoms with Gasteiger partial charge in [-0.1, -0.05) is 29.8 Å². The van der Waals surface area contributed by atoms with E-state index in [0.717, 1.165) is 11.3 Å². The summed E-state index contributed by atoms with van der Waals surface area (Å²) in [5.41, 5.74) is 2.83. The van der Waals surface area contributed by atoms with Gasteiger partial charge < -0.3 is 9.64 Å². The normalized spacial score (nSPS) is 17.3. The molecule has 1 unspecified atom stereocenters. The third-order valence-corrected chi connectivity index (χ3v) is 4.58. The van der Waals surface area contributed by atoms with E-state index in [4.69, 9.17) is 16.3 Å². The van der Waals surface area contributed by atoms with Gasteiger partial charge in [0, 0.05) is 17.8 Å². The van der Waals surface area contributed by atoms with E-state index in [9.17, 15) is 4.79 Å². The summed E-state index contributed by atoms with van der Waals surface area (Å²) in [6.07, 6.45) is 1.53. The Morgan fingerprint density at radius 2 is 2.04 bits per heavy atom. The van der Waals surface area contributed by atoms with E-state index in [2.05, 4.69) is 15.2 Å². The second kappa shape index (κ2) is 7.27. The zero-order chi connectivity index (χ0) is 17.9. The highest BCUT2D eigenvalue weighted by Crippen LogP contribution is 2.25. The molecule has 26 heavy (non-hydrogen) atoms. The van der Waals surface area contributed by atoms with Crippen LogP contribution >= 0.6 is 11.6 Å². The molecule has 3 heterocycles. The predicted molar refractivity (Wildman–Crippen MR) is 97.9 cm³/mol. The zero-order valence-electron chi connectivity index (χ0n) is 13.9. The van der Waals surface area contributed by atoms with Crippen LogP contribution in [0.1, 0.15) is 22.2 Å². The van der Waals surface area contributed by atoms with E-state index in [1.165, 1.54) is 0 Å². The van der Waals surface area contributed by atoms with Crippen molar-refractivity contribution in [2.75, 3.05) is 19.7 Å². The number of carbonyl (C=O) groups excluding carboxylic acids is 1. The fourth-order valence-corrected chi connectivity index (χ4v) is 3.09. The molecule has 0 aliphatic carbocycles. The van der Waals surface area contributed by atoms with E-state index >= 15 is 0 Å². The summed E-state index contributed by atoms with van der Waals surface area (Å²) < 4.78 is 5.82. The Bertz CT molecular complexity index is 895. The molecule has 4 rings (SSSR count). The van der Waals surface area contributed by atoms with Gasteiger partial charge in [0.2, 0.25) is 0 Å². The number of carbonyl (C=O) groups is 1. The smallest absolute Gasteiger partial charge is 0.272 e. The van der Waals surface area contributed by atoms with Crippen LogP contribution in [-0.2, 0) is 4.74 Å². The minimum Gasteiger partial charge on any atom is -0.370 e. The van der Waals surface area contributed by atoms with Crippen molar-refractivity contribution in [2.24, 2.45) is 0 Å².